The number of halogens is 1. The first kappa shape index (κ1) is 25.7. The molecular weight excluding hydrogens is 477 g/mol. The monoisotopic (exact) mass is 515 g/mol. The number of hydrogen-bond acceptors (Lipinski definition) is 3. The Bertz CT molecular complexity index is 664. The van der Waals surface area contributed by atoms with Crippen molar-refractivity contribution >= 4 is 35.8 Å². The van der Waals surface area contributed by atoms with Gasteiger partial charge in [-0.3, -0.25) is 14.7 Å². The second-order valence-corrected chi connectivity index (χ2v) is 8.12. The lowest BCUT2D eigenvalue weighted by molar-refractivity contribution is 0.0827. The number of piperidine rings is 1. The Labute approximate surface area is 193 Å². The van der Waals surface area contributed by atoms with Gasteiger partial charge < -0.3 is 15.5 Å². The number of aliphatic imine (C=N–C) groups is 1. The summed E-state index contributed by atoms with van der Waals surface area (Å²) in [7, 11) is 5.36. The van der Waals surface area contributed by atoms with Crippen molar-refractivity contribution in [2.75, 3.05) is 47.3 Å². The normalized spacial score (nSPS) is 18.5. The largest absolute Gasteiger partial charge is 0.356 e. The second-order valence-electron chi connectivity index (χ2n) is 8.12. The standard InChI is InChI=1S/C22H37N5O.HI/c1-17-8-7-13-27(16-17)18(2)15-25-22(23-3)24-12-11-19-9-6-10-20(14-19)21(28)26(4)5;/h6,9-10,14,17-18H,7-8,11-13,15-16H2,1-5H3,(H2,23,24,25);1H. The molecule has 0 spiro atoms. The van der Waals surface area contributed by atoms with Crippen LogP contribution in [0.25, 0.3) is 0 Å². The van der Waals surface area contributed by atoms with Gasteiger partial charge in [-0.25, -0.2) is 0 Å². The number of likely N-dealkylation sites (tertiary alicyclic amines) is 1. The van der Waals surface area contributed by atoms with Crippen LogP contribution in [-0.2, 0) is 6.42 Å². The summed E-state index contributed by atoms with van der Waals surface area (Å²) in [5.74, 6) is 1.66. The first-order chi connectivity index (χ1) is 13.4. The van der Waals surface area contributed by atoms with Gasteiger partial charge in [0, 0.05) is 52.4 Å². The van der Waals surface area contributed by atoms with Crippen molar-refractivity contribution < 1.29 is 4.79 Å². The van der Waals surface area contributed by atoms with Crippen LogP contribution in [0.2, 0.25) is 0 Å². The molecule has 1 heterocycles. The van der Waals surface area contributed by atoms with E-state index >= 15 is 0 Å². The van der Waals surface area contributed by atoms with E-state index in [2.05, 4.69) is 40.4 Å². The first-order valence-electron chi connectivity index (χ1n) is 10.4. The molecule has 1 aromatic rings. The molecule has 7 heteroatoms. The van der Waals surface area contributed by atoms with Crippen molar-refractivity contribution in [1.82, 2.24) is 20.4 Å². The van der Waals surface area contributed by atoms with E-state index in [0.29, 0.717) is 6.04 Å². The molecule has 2 unspecified atom stereocenters. The molecule has 2 atom stereocenters. The Balaban J connectivity index is 0.00000420. The highest BCUT2D eigenvalue weighted by Crippen LogP contribution is 2.17. The van der Waals surface area contributed by atoms with Crippen LogP contribution in [0, 0.1) is 5.92 Å². The number of rotatable bonds is 7. The van der Waals surface area contributed by atoms with Gasteiger partial charge in [0.25, 0.3) is 5.91 Å². The van der Waals surface area contributed by atoms with Gasteiger partial charge in [0.05, 0.1) is 0 Å². The summed E-state index contributed by atoms with van der Waals surface area (Å²) >= 11 is 0. The maximum atomic E-state index is 12.1. The molecule has 1 aliphatic heterocycles. The molecule has 1 amide bonds. The third-order valence-electron chi connectivity index (χ3n) is 5.39. The maximum absolute atomic E-state index is 12.1. The van der Waals surface area contributed by atoms with Crippen LogP contribution in [0.4, 0.5) is 0 Å². The van der Waals surface area contributed by atoms with E-state index < -0.39 is 0 Å². The van der Waals surface area contributed by atoms with Crippen LogP contribution in [0.5, 0.6) is 0 Å². The summed E-state index contributed by atoms with van der Waals surface area (Å²) in [6.45, 7) is 8.67. The number of guanidine groups is 1. The summed E-state index contributed by atoms with van der Waals surface area (Å²) in [4.78, 5) is 20.6. The summed E-state index contributed by atoms with van der Waals surface area (Å²) in [5, 5.41) is 6.83. The summed E-state index contributed by atoms with van der Waals surface area (Å²) in [6, 6.07) is 8.34. The van der Waals surface area contributed by atoms with Crippen molar-refractivity contribution in [3.63, 3.8) is 0 Å². The molecule has 2 rings (SSSR count). The number of nitrogens with one attached hydrogen (secondary N) is 2. The topological polar surface area (TPSA) is 60.0 Å². The lowest BCUT2D eigenvalue weighted by atomic mass is 9.99. The van der Waals surface area contributed by atoms with Gasteiger partial charge in [-0.15, -0.1) is 24.0 Å². The average molecular weight is 515 g/mol. The fraction of sp³-hybridized carbons (Fsp3) is 0.636. The van der Waals surface area contributed by atoms with Crippen LogP contribution in [0.15, 0.2) is 29.3 Å². The smallest absolute Gasteiger partial charge is 0.253 e. The van der Waals surface area contributed by atoms with Crippen LogP contribution in [0.1, 0.15) is 42.6 Å². The van der Waals surface area contributed by atoms with Gasteiger partial charge >= 0.3 is 0 Å². The molecule has 2 N–H and O–H groups in total. The molecular formula is C22H38IN5O. The Hall–Kier alpha value is -1.35. The number of benzene rings is 1. The molecule has 1 saturated heterocycles. The highest BCUT2D eigenvalue weighted by atomic mass is 127. The minimum absolute atomic E-state index is 0. The molecule has 1 fully saturated rings. The van der Waals surface area contributed by atoms with Gasteiger partial charge in [-0.2, -0.15) is 0 Å². The van der Waals surface area contributed by atoms with Crippen molar-refractivity contribution in [2.24, 2.45) is 10.9 Å². The molecule has 29 heavy (non-hydrogen) atoms. The maximum Gasteiger partial charge on any atom is 0.253 e. The summed E-state index contributed by atoms with van der Waals surface area (Å²) in [5.41, 5.74) is 1.88. The predicted octanol–water partition coefficient (Wildman–Crippen LogP) is 2.83. The summed E-state index contributed by atoms with van der Waals surface area (Å²) < 4.78 is 0. The fourth-order valence-corrected chi connectivity index (χ4v) is 3.66. The lowest BCUT2D eigenvalue weighted by Crippen LogP contribution is -2.48. The van der Waals surface area contributed by atoms with Crippen LogP contribution < -0.4 is 10.6 Å². The highest BCUT2D eigenvalue weighted by molar-refractivity contribution is 14.0. The van der Waals surface area contributed by atoms with E-state index in [-0.39, 0.29) is 29.9 Å². The minimum Gasteiger partial charge on any atom is -0.356 e. The van der Waals surface area contributed by atoms with Gasteiger partial charge in [0.1, 0.15) is 0 Å². The molecule has 0 radical (unpaired) electrons. The van der Waals surface area contributed by atoms with Crippen molar-refractivity contribution in [3.8, 4) is 0 Å². The molecule has 1 aromatic carbocycles. The number of nitrogens with zero attached hydrogens (tertiary/aromatic N) is 3. The zero-order chi connectivity index (χ0) is 20.5. The zero-order valence-electron chi connectivity index (χ0n) is 18.6. The van der Waals surface area contributed by atoms with Crippen LogP contribution >= 0.6 is 24.0 Å². The van der Waals surface area contributed by atoms with E-state index in [1.165, 1.54) is 25.9 Å². The molecule has 6 nitrogen and oxygen atoms in total. The Morgan fingerprint density at radius 1 is 1.34 bits per heavy atom. The molecule has 0 aliphatic carbocycles. The highest BCUT2D eigenvalue weighted by Gasteiger charge is 2.20. The molecule has 0 saturated carbocycles. The minimum atomic E-state index is 0. The Kier molecular flexibility index (Phi) is 11.6. The third kappa shape index (κ3) is 8.50. The average Bonchev–Trinajstić information content (AvgIpc) is 2.69. The van der Waals surface area contributed by atoms with Gasteiger partial charge in [0.2, 0.25) is 0 Å². The SMILES string of the molecule is CN=C(NCCc1cccc(C(=O)N(C)C)c1)NCC(C)N1CCCC(C)C1.I. The quantitative estimate of drug-likeness (QED) is 0.333. The fourth-order valence-electron chi connectivity index (χ4n) is 3.66. The number of carbonyl (C=O) groups excluding carboxylic acids is 1. The van der Waals surface area contributed by atoms with E-state index in [9.17, 15) is 4.79 Å². The van der Waals surface area contributed by atoms with Crippen LogP contribution in [0.3, 0.4) is 0 Å². The Morgan fingerprint density at radius 3 is 2.76 bits per heavy atom. The van der Waals surface area contributed by atoms with Gasteiger partial charge in [-0.1, -0.05) is 19.1 Å². The zero-order valence-corrected chi connectivity index (χ0v) is 20.9. The van der Waals surface area contributed by atoms with Crippen molar-refractivity contribution in [1.29, 1.82) is 0 Å². The Morgan fingerprint density at radius 2 is 2.10 bits per heavy atom. The van der Waals surface area contributed by atoms with Crippen molar-refractivity contribution in [3.05, 3.63) is 35.4 Å². The number of carbonyl (C=O) groups is 1. The lowest BCUT2D eigenvalue weighted by Gasteiger charge is -2.35. The number of amides is 1. The molecule has 1 aliphatic rings. The van der Waals surface area contributed by atoms with Crippen molar-refractivity contribution in [2.45, 2.75) is 39.2 Å². The van der Waals surface area contributed by atoms with E-state index in [0.717, 1.165) is 42.5 Å². The molecule has 0 bridgehead atoms. The van der Waals surface area contributed by atoms with E-state index in [1.54, 1.807) is 26.0 Å². The molecule has 164 valence electrons. The first-order valence-corrected chi connectivity index (χ1v) is 10.4. The van der Waals surface area contributed by atoms with Crippen LogP contribution in [-0.4, -0.2) is 75.0 Å². The number of hydrogen-bond donors (Lipinski definition) is 2. The van der Waals surface area contributed by atoms with E-state index in [1.807, 2.05) is 18.2 Å². The van der Waals surface area contributed by atoms with Gasteiger partial charge in [0.15, 0.2) is 5.96 Å². The third-order valence-corrected chi connectivity index (χ3v) is 5.39. The second kappa shape index (κ2) is 13.1. The molecule has 0 aromatic heterocycles. The summed E-state index contributed by atoms with van der Waals surface area (Å²) in [6.07, 6.45) is 3.49. The predicted molar refractivity (Wildman–Crippen MR) is 132 cm³/mol. The van der Waals surface area contributed by atoms with E-state index in [4.69, 9.17) is 0 Å². The van der Waals surface area contributed by atoms with Gasteiger partial charge in [-0.05, 0) is 56.3 Å².